The van der Waals surface area contributed by atoms with Crippen molar-refractivity contribution in [1.29, 1.82) is 0 Å². The van der Waals surface area contributed by atoms with E-state index in [0.717, 1.165) is 6.42 Å². The van der Waals surface area contributed by atoms with E-state index in [0.29, 0.717) is 19.4 Å². The average molecular weight is 258 g/mol. The molecule has 0 spiro atoms. The van der Waals surface area contributed by atoms with Crippen LogP contribution in [-0.2, 0) is 19.1 Å². The zero-order chi connectivity index (χ0) is 13.5. The smallest absolute Gasteiger partial charge is 0.332 e. The Morgan fingerprint density at radius 1 is 1.22 bits per heavy atom. The minimum absolute atomic E-state index is 0.115. The number of hydrogen-bond donors (Lipinski definition) is 3. The van der Waals surface area contributed by atoms with Gasteiger partial charge in [-0.15, -0.1) is 0 Å². The van der Waals surface area contributed by atoms with Crippen molar-refractivity contribution in [3.63, 3.8) is 0 Å². The van der Waals surface area contributed by atoms with E-state index in [1.165, 1.54) is 0 Å². The molecule has 1 rings (SSSR count). The molecular formula is C11H18N2O5. The number of carboxylic acids is 1. The van der Waals surface area contributed by atoms with Crippen LogP contribution < -0.4 is 10.6 Å². The maximum atomic E-state index is 11.6. The molecule has 0 radical (unpaired) electrons. The fourth-order valence-electron chi connectivity index (χ4n) is 1.62. The van der Waals surface area contributed by atoms with Gasteiger partial charge in [0.2, 0.25) is 11.8 Å². The van der Waals surface area contributed by atoms with Gasteiger partial charge < -0.3 is 20.5 Å². The molecule has 18 heavy (non-hydrogen) atoms. The molecule has 0 aromatic heterocycles. The third-order valence-corrected chi connectivity index (χ3v) is 2.58. The monoisotopic (exact) mass is 258 g/mol. The molecule has 2 amide bonds. The Morgan fingerprint density at radius 3 is 2.44 bits per heavy atom. The molecule has 1 aliphatic heterocycles. The van der Waals surface area contributed by atoms with Gasteiger partial charge in [-0.05, 0) is 19.3 Å². The molecule has 0 aromatic carbocycles. The highest BCUT2D eigenvalue weighted by atomic mass is 16.5. The Labute approximate surface area is 105 Å². The normalized spacial score (nSPS) is 22.5. The van der Waals surface area contributed by atoms with E-state index in [-0.39, 0.29) is 12.5 Å². The van der Waals surface area contributed by atoms with E-state index in [1.54, 1.807) is 0 Å². The lowest BCUT2D eigenvalue weighted by Crippen LogP contribution is -2.42. The molecule has 7 heteroatoms. The fraction of sp³-hybridized carbons (Fsp3) is 0.727. The second kappa shape index (κ2) is 6.95. The first-order valence-corrected chi connectivity index (χ1v) is 5.97. The quantitative estimate of drug-likeness (QED) is 0.582. The molecule has 0 saturated carbocycles. The van der Waals surface area contributed by atoms with Crippen molar-refractivity contribution in [3.8, 4) is 0 Å². The van der Waals surface area contributed by atoms with Gasteiger partial charge in [-0.3, -0.25) is 9.59 Å². The van der Waals surface area contributed by atoms with Crippen molar-refractivity contribution in [1.82, 2.24) is 10.6 Å². The molecule has 1 saturated heterocycles. The molecule has 102 valence electrons. The molecular weight excluding hydrogens is 240 g/mol. The van der Waals surface area contributed by atoms with Crippen LogP contribution in [0.3, 0.4) is 0 Å². The first kappa shape index (κ1) is 14.4. The van der Waals surface area contributed by atoms with Crippen molar-refractivity contribution >= 4 is 17.8 Å². The predicted octanol–water partition coefficient (Wildman–Crippen LogP) is -0.739. The molecule has 2 atom stereocenters. The highest BCUT2D eigenvalue weighted by Crippen LogP contribution is 2.19. The maximum absolute atomic E-state index is 11.6. The van der Waals surface area contributed by atoms with E-state index < -0.39 is 24.1 Å². The third-order valence-electron chi connectivity index (χ3n) is 2.58. The standard InChI is InChI=1S/C11H18N2O5/c1-2-5-12-9(14)6-13-10(15)7-3-4-8(18-7)11(16)17/h7-8H,2-6H2,1H3,(H,12,14)(H,13,15)(H,16,17)/t7-,8+/m0/s1. The number of aliphatic carboxylic acids is 1. The Bertz CT molecular complexity index is 331. The minimum Gasteiger partial charge on any atom is -0.479 e. The van der Waals surface area contributed by atoms with Gasteiger partial charge in [0.05, 0.1) is 6.54 Å². The number of carboxylic acid groups (broad SMARTS) is 1. The first-order chi connectivity index (χ1) is 8.54. The SMILES string of the molecule is CCCNC(=O)CNC(=O)[C@@H]1CC[C@H](C(=O)O)O1. The number of carbonyl (C=O) groups is 3. The van der Waals surface area contributed by atoms with Crippen LogP contribution in [0.25, 0.3) is 0 Å². The van der Waals surface area contributed by atoms with Crippen LogP contribution in [0.15, 0.2) is 0 Å². The summed E-state index contributed by atoms with van der Waals surface area (Å²) >= 11 is 0. The van der Waals surface area contributed by atoms with Gasteiger partial charge in [-0.1, -0.05) is 6.92 Å². The van der Waals surface area contributed by atoms with Crippen LogP contribution in [0.1, 0.15) is 26.2 Å². The summed E-state index contributed by atoms with van der Waals surface area (Å²) in [6.07, 6.45) is -0.194. The largest absolute Gasteiger partial charge is 0.479 e. The van der Waals surface area contributed by atoms with E-state index in [4.69, 9.17) is 9.84 Å². The summed E-state index contributed by atoms with van der Waals surface area (Å²) in [6, 6.07) is 0. The van der Waals surface area contributed by atoms with Crippen molar-refractivity contribution < 1.29 is 24.2 Å². The molecule has 0 aromatic rings. The summed E-state index contributed by atoms with van der Waals surface area (Å²) in [5.74, 6) is -1.77. The van der Waals surface area contributed by atoms with Crippen molar-refractivity contribution in [2.24, 2.45) is 0 Å². The molecule has 1 heterocycles. The zero-order valence-corrected chi connectivity index (χ0v) is 10.3. The van der Waals surface area contributed by atoms with Gasteiger partial charge >= 0.3 is 5.97 Å². The lowest BCUT2D eigenvalue weighted by molar-refractivity contribution is -0.152. The fourth-order valence-corrected chi connectivity index (χ4v) is 1.62. The van der Waals surface area contributed by atoms with Gasteiger partial charge in [0.15, 0.2) is 6.10 Å². The summed E-state index contributed by atoms with van der Waals surface area (Å²) in [7, 11) is 0. The number of carbonyl (C=O) groups excluding carboxylic acids is 2. The number of hydrogen-bond acceptors (Lipinski definition) is 4. The highest BCUT2D eigenvalue weighted by Gasteiger charge is 2.34. The molecule has 1 fully saturated rings. The molecule has 0 aliphatic carbocycles. The molecule has 7 nitrogen and oxygen atoms in total. The lowest BCUT2D eigenvalue weighted by Gasteiger charge is -2.11. The predicted molar refractivity (Wildman–Crippen MR) is 61.8 cm³/mol. The van der Waals surface area contributed by atoms with Crippen LogP contribution in [0.4, 0.5) is 0 Å². The molecule has 0 bridgehead atoms. The Kier molecular flexibility index (Phi) is 5.57. The van der Waals surface area contributed by atoms with Crippen LogP contribution in [0.5, 0.6) is 0 Å². The first-order valence-electron chi connectivity index (χ1n) is 5.97. The van der Waals surface area contributed by atoms with E-state index in [1.807, 2.05) is 6.92 Å². The Balaban J connectivity index is 2.25. The van der Waals surface area contributed by atoms with E-state index in [2.05, 4.69) is 10.6 Å². The number of amides is 2. The van der Waals surface area contributed by atoms with Gasteiger partial charge in [0, 0.05) is 6.54 Å². The van der Waals surface area contributed by atoms with Gasteiger partial charge in [0.25, 0.3) is 0 Å². The molecule has 1 aliphatic rings. The summed E-state index contributed by atoms with van der Waals surface area (Å²) in [5, 5.41) is 13.7. The molecule has 3 N–H and O–H groups in total. The lowest BCUT2D eigenvalue weighted by atomic mass is 10.2. The van der Waals surface area contributed by atoms with E-state index >= 15 is 0 Å². The summed E-state index contributed by atoms with van der Waals surface area (Å²) in [6.45, 7) is 2.38. The number of ether oxygens (including phenoxy) is 1. The Morgan fingerprint density at radius 2 is 1.89 bits per heavy atom. The van der Waals surface area contributed by atoms with Gasteiger partial charge in [0.1, 0.15) is 6.10 Å². The van der Waals surface area contributed by atoms with Gasteiger partial charge in [-0.25, -0.2) is 4.79 Å². The average Bonchev–Trinajstić information content (AvgIpc) is 2.83. The number of nitrogens with one attached hydrogen (secondary N) is 2. The van der Waals surface area contributed by atoms with Crippen LogP contribution >= 0.6 is 0 Å². The second-order valence-corrected chi connectivity index (χ2v) is 4.10. The zero-order valence-electron chi connectivity index (χ0n) is 10.3. The second-order valence-electron chi connectivity index (χ2n) is 4.10. The number of rotatable bonds is 6. The molecule has 0 unspecified atom stereocenters. The summed E-state index contributed by atoms with van der Waals surface area (Å²) in [4.78, 5) is 33.4. The topological polar surface area (TPSA) is 105 Å². The minimum atomic E-state index is -1.06. The Hall–Kier alpha value is -1.63. The van der Waals surface area contributed by atoms with Crippen LogP contribution in [0, 0.1) is 0 Å². The summed E-state index contributed by atoms with van der Waals surface area (Å²) in [5.41, 5.74) is 0. The third kappa shape index (κ3) is 4.33. The van der Waals surface area contributed by atoms with Gasteiger partial charge in [-0.2, -0.15) is 0 Å². The van der Waals surface area contributed by atoms with E-state index in [9.17, 15) is 14.4 Å². The van der Waals surface area contributed by atoms with Crippen molar-refractivity contribution in [3.05, 3.63) is 0 Å². The maximum Gasteiger partial charge on any atom is 0.332 e. The van der Waals surface area contributed by atoms with Crippen molar-refractivity contribution in [2.45, 2.75) is 38.4 Å². The van der Waals surface area contributed by atoms with Crippen LogP contribution in [0.2, 0.25) is 0 Å². The summed E-state index contributed by atoms with van der Waals surface area (Å²) < 4.78 is 5.05. The van der Waals surface area contributed by atoms with Crippen molar-refractivity contribution in [2.75, 3.05) is 13.1 Å². The van der Waals surface area contributed by atoms with Crippen LogP contribution in [-0.4, -0.2) is 48.2 Å². The highest BCUT2D eigenvalue weighted by molar-refractivity contribution is 5.87.